The maximum atomic E-state index is 12.4. The maximum Gasteiger partial charge on any atom is 0.231 e. The number of nitrogens with zero attached hydrogens (tertiary/aromatic N) is 1. The predicted molar refractivity (Wildman–Crippen MR) is 86.7 cm³/mol. The van der Waals surface area contributed by atoms with Crippen molar-refractivity contribution in [3.05, 3.63) is 58.6 Å². The first kappa shape index (κ1) is 14.6. The van der Waals surface area contributed by atoms with Crippen LogP contribution in [0.3, 0.4) is 0 Å². The average Bonchev–Trinajstić information content (AvgIpc) is 2.44. The number of carbonyl (C=O) groups excluding carboxylic acids is 1. The van der Waals surface area contributed by atoms with Crippen molar-refractivity contribution in [3.8, 4) is 0 Å². The highest BCUT2D eigenvalue weighted by Crippen LogP contribution is 2.18. The number of likely N-dealkylation sites (N-methyl/N-ethyl adjacent to an activating group) is 1. The van der Waals surface area contributed by atoms with Crippen LogP contribution in [0.5, 0.6) is 0 Å². The molecule has 2 aromatic rings. The minimum absolute atomic E-state index is 0.0830. The number of rotatable bonds is 4. The molecule has 3 nitrogen and oxygen atoms in total. The summed E-state index contributed by atoms with van der Waals surface area (Å²) in [6.07, 6.45) is 0.394. The third-order valence-electron chi connectivity index (χ3n) is 3.09. The number of halogens is 1. The summed E-state index contributed by atoms with van der Waals surface area (Å²) in [6, 6.07) is 15.2. The van der Waals surface area contributed by atoms with E-state index >= 15 is 0 Å². The van der Waals surface area contributed by atoms with Crippen molar-refractivity contribution in [2.45, 2.75) is 13.3 Å². The third-order valence-corrected chi connectivity index (χ3v) is 3.62. The molecule has 0 aliphatic carbocycles. The summed E-state index contributed by atoms with van der Waals surface area (Å²) >= 11 is 3.39. The molecule has 0 aromatic heterocycles. The van der Waals surface area contributed by atoms with Gasteiger partial charge in [-0.25, -0.2) is 0 Å². The Morgan fingerprint density at radius 2 is 1.70 bits per heavy atom. The third kappa shape index (κ3) is 3.61. The normalized spacial score (nSPS) is 10.3. The molecule has 0 saturated heterocycles. The highest BCUT2D eigenvalue weighted by atomic mass is 79.9. The van der Waals surface area contributed by atoms with Gasteiger partial charge in [0.15, 0.2) is 0 Å². The zero-order chi connectivity index (χ0) is 14.5. The van der Waals surface area contributed by atoms with Gasteiger partial charge in [-0.3, -0.25) is 4.79 Å². The molecule has 0 aliphatic heterocycles. The van der Waals surface area contributed by atoms with E-state index < -0.39 is 0 Å². The van der Waals surface area contributed by atoms with E-state index in [2.05, 4.69) is 15.9 Å². The van der Waals surface area contributed by atoms with E-state index in [-0.39, 0.29) is 5.91 Å². The van der Waals surface area contributed by atoms with Crippen LogP contribution in [0, 0.1) is 0 Å². The molecule has 0 heterocycles. The second-order valence-electron chi connectivity index (χ2n) is 4.53. The van der Waals surface area contributed by atoms with Gasteiger partial charge >= 0.3 is 0 Å². The van der Waals surface area contributed by atoms with E-state index in [1.165, 1.54) is 0 Å². The SMILES string of the molecule is CCN(C(=O)Cc1ccc(Br)cc1)c1ccc(N)cc1. The largest absolute Gasteiger partial charge is 0.399 e. The number of benzene rings is 2. The topological polar surface area (TPSA) is 46.3 Å². The molecule has 2 N–H and O–H groups in total. The molecule has 1 amide bonds. The number of carbonyl (C=O) groups is 1. The van der Waals surface area contributed by atoms with Crippen LogP contribution < -0.4 is 10.6 Å². The van der Waals surface area contributed by atoms with Crippen LogP contribution in [-0.4, -0.2) is 12.5 Å². The maximum absolute atomic E-state index is 12.4. The summed E-state index contributed by atoms with van der Waals surface area (Å²) in [5.74, 6) is 0.0830. The highest BCUT2D eigenvalue weighted by molar-refractivity contribution is 9.10. The van der Waals surface area contributed by atoms with Gasteiger partial charge in [0.25, 0.3) is 0 Å². The lowest BCUT2D eigenvalue weighted by atomic mass is 10.1. The van der Waals surface area contributed by atoms with Gasteiger partial charge in [0.1, 0.15) is 0 Å². The Kier molecular flexibility index (Phi) is 4.79. The van der Waals surface area contributed by atoms with Crippen molar-refractivity contribution in [2.24, 2.45) is 0 Å². The summed E-state index contributed by atoms with van der Waals surface area (Å²) in [7, 11) is 0. The molecule has 20 heavy (non-hydrogen) atoms. The lowest BCUT2D eigenvalue weighted by Crippen LogP contribution is -2.31. The molecular weight excluding hydrogens is 316 g/mol. The van der Waals surface area contributed by atoms with Crippen molar-refractivity contribution in [1.29, 1.82) is 0 Å². The quantitative estimate of drug-likeness (QED) is 0.869. The smallest absolute Gasteiger partial charge is 0.231 e. The van der Waals surface area contributed by atoms with E-state index in [1.807, 2.05) is 55.5 Å². The average molecular weight is 333 g/mol. The summed E-state index contributed by atoms with van der Waals surface area (Å²) in [5.41, 5.74) is 8.26. The number of hydrogen-bond donors (Lipinski definition) is 1. The van der Waals surface area contributed by atoms with Gasteiger partial charge in [-0.15, -0.1) is 0 Å². The summed E-state index contributed by atoms with van der Waals surface area (Å²) in [5, 5.41) is 0. The molecule has 0 radical (unpaired) electrons. The molecule has 2 aromatic carbocycles. The molecule has 4 heteroatoms. The number of amides is 1. The number of hydrogen-bond acceptors (Lipinski definition) is 2. The molecule has 0 bridgehead atoms. The van der Waals surface area contributed by atoms with E-state index in [1.54, 1.807) is 4.90 Å². The first-order valence-electron chi connectivity index (χ1n) is 6.50. The Morgan fingerprint density at radius 1 is 1.10 bits per heavy atom. The second kappa shape index (κ2) is 6.57. The molecule has 2 rings (SSSR count). The number of nitrogen functional groups attached to an aromatic ring is 1. The second-order valence-corrected chi connectivity index (χ2v) is 5.45. The fraction of sp³-hybridized carbons (Fsp3) is 0.188. The van der Waals surface area contributed by atoms with Gasteiger partial charge < -0.3 is 10.6 Å². The molecule has 0 fully saturated rings. The van der Waals surface area contributed by atoms with Crippen LogP contribution in [0.15, 0.2) is 53.0 Å². The number of anilines is 2. The van der Waals surface area contributed by atoms with Crippen LogP contribution >= 0.6 is 15.9 Å². The van der Waals surface area contributed by atoms with Crippen molar-refractivity contribution in [2.75, 3.05) is 17.2 Å². The zero-order valence-corrected chi connectivity index (χ0v) is 12.9. The van der Waals surface area contributed by atoms with Gasteiger partial charge in [0, 0.05) is 22.4 Å². The van der Waals surface area contributed by atoms with Crippen LogP contribution in [0.1, 0.15) is 12.5 Å². The van der Waals surface area contributed by atoms with Crippen LogP contribution in [-0.2, 0) is 11.2 Å². The Balaban J connectivity index is 2.13. The minimum Gasteiger partial charge on any atom is -0.399 e. The van der Waals surface area contributed by atoms with Crippen molar-refractivity contribution in [3.63, 3.8) is 0 Å². The summed E-state index contributed by atoms with van der Waals surface area (Å²) in [4.78, 5) is 14.2. The van der Waals surface area contributed by atoms with E-state index in [9.17, 15) is 4.79 Å². The Hall–Kier alpha value is -1.81. The number of nitrogens with two attached hydrogens (primary N) is 1. The molecule has 0 aliphatic rings. The molecule has 0 spiro atoms. The molecule has 0 unspecified atom stereocenters. The zero-order valence-electron chi connectivity index (χ0n) is 11.3. The Bertz CT molecular complexity index is 578. The van der Waals surface area contributed by atoms with Gasteiger partial charge in [-0.05, 0) is 48.9 Å². The van der Waals surface area contributed by atoms with Gasteiger partial charge in [-0.2, -0.15) is 0 Å². The highest BCUT2D eigenvalue weighted by Gasteiger charge is 2.14. The lowest BCUT2D eigenvalue weighted by molar-refractivity contribution is -0.117. The van der Waals surface area contributed by atoms with Gasteiger partial charge in [-0.1, -0.05) is 28.1 Å². The van der Waals surface area contributed by atoms with Crippen LogP contribution in [0.2, 0.25) is 0 Å². The standard InChI is InChI=1S/C16H17BrN2O/c1-2-19(15-9-7-14(18)8-10-15)16(20)11-12-3-5-13(17)6-4-12/h3-10H,2,11,18H2,1H3. The van der Waals surface area contributed by atoms with Crippen LogP contribution in [0.25, 0.3) is 0 Å². The molecule has 104 valence electrons. The molecular formula is C16H17BrN2O. The first-order valence-corrected chi connectivity index (χ1v) is 7.30. The monoisotopic (exact) mass is 332 g/mol. The fourth-order valence-electron chi connectivity index (χ4n) is 2.03. The minimum atomic E-state index is 0.0830. The molecule has 0 atom stereocenters. The predicted octanol–water partition coefficient (Wildman–Crippen LogP) is 3.63. The van der Waals surface area contributed by atoms with E-state index in [0.29, 0.717) is 18.7 Å². The Morgan fingerprint density at radius 3 is 2.25 bits per heavy atom. The summed E-state index contributed by atoms with van der Waals surface area (Å²) < 4.78 is 1.01. The van der Waals surface area contributed by atoms with Crippen molar-refractivity contribution >= 4 is 33.2 Å². The van der Waals surface area contributed by atoms with E-state index in [4.69, 9.17) is 5.73 Å². The van der Waals surface area contributed by atoms with Crippen LogP contribution in [0.4, 0.5) is 11.4 Å². The fourth-order valence-corrected chi connectivity index (χ4v) is 2.29. The lowest BCUT2D eigenvalue weighted by Gasteiger charge is -2.21. The van der Waals surface area contributed by atoms with Gasteiger partial charge in [0.05, 0.1) is 6.42 Å². The molecule has 0 saturated carbocycles. The Labute approximate surface area is 127 Å². The van der Waals surface area contributed by atoms with Crippen molar-refractivity contribution < 1.29 is 4.79 Å². The summed E-state index contributed by atoms with van der Waals surface area (Å²) in [6.45, 7) is 2.61. The first-order chi connectivity index (χ1) is 9.60. The van der Waals surface area contributed by atoms with Gasteiger partial charge in [0.2, 0.25) is 5.91 Å². The van der Waals surface area contributed by atoms with E-state index in [0.717, 1.165) is 15.7 Å². The van der Waals surface area contributed by atoms with Crippen molar-refractivity contribution in [1.82, 2.24) is 0 Å².